The molecule has 0 aromatic heterocycles. The van der Waals surface area contributed by atoms with Gasteiger partial charge in [0.05, 0.1) is 6.54 Å². The van der Waals surface area contributed by atoms with Crippen LogP contribution in [0.15, 0.2) is 0 Å². The number of nitrogens with zero attached hydrogens (tertiary/aromatic N) is 1. The standard InChI is InChI=1S/C12H25N3O/c1-3-15(8-12(14)16)11-6-9(2)4-5-10(11)7-13/h9-11H,3-8,13H2,1-2H3,(H2,14,16). The molecule has 1 fully saturated rings. The molecule has 3 atom stereocenters. The van der Waals surface area contributed by atoms with Gasteiger partial charge in [0.2, 0.25) is 5.91 Å². The average Bonchev–Trinajstić information content (AvgIpc) is 2.25. The highest BCUT2D eigenvalue weighted by atomic mass is 16.1. The van der Waals surface area contributed by atoms with E-state index in [0.717, 1.165) is 18.9 Å². The Bertz CT molecular complexity index is 232. The predicted octanol–water partition coefficient (Wildman–Crippen LogP) is 0.557. The van der Waals surface area contributed by atoms with E-state index < -0.39 is 0 Å². The summed E-state index contributed by atoms with van der Waals surface area (Å²) in [6, 6.07) is 0.436. The third-order valence-electron chi connectivity index (χ3n) is 3.76. The smallest absolute Gasteiger partial charge is 0.231 e. The first kappa shape index (κ1) is 13.5. The Morgan fingerprint density at radius 2 is 2.12 bits per heavy atom. The number of carbonyl (C=O) groups is 1. The molecule has 1 saturated carbocycles. The summed E-state index contributed by atoms with van der Waals surface area (Å²) in [6.07, 6.45) is 3.58. The molecule has 0 heterocycles. The lowest BCUT2D eigenvalue weighted by Gasteiger charge is -2.41. The first-order valence-corrected chi connectivity index (χ1v) is 6.30. The zero-order valence-electron chi connectivity index (χ0n) is 10.5. The van der Waals surface area contributed by atoms with Crippen LogP contribution in [0.1, 0.15) is 33.1 Å². The lowest BCUT2D eigenvalue weighted by atomic mass is 9.78. The highest BCUT2D eigenvalue weighted by Crippen LogP contribution is 2.31. The molecular weight excluding hydrogens is 202 g/mol. The predicted molar refractivity (Wildman–Crippen MR) is 65.8 cm³/mol. The topological polar surface area (TPSA) is 72.3 Å². The van der Waals surface area contributed by atoms with Crippen LogP contribution in [-0.4, -0.2) is 36.5 Å². The van der Waals surface area contributed by atoms with Crippen molar-refractivity contribution in [1.29, 1.82) is 0 Å². The second kappa shape index (κ2) is 6.21. The van der Waals surface area contributed by atoms with Gasteiger partial charge in [-0.05, 0) is 37.8 Å². The van der Waals surface area contributed by atoms with Gasteiger partial charge in [-0.2, -0.15) is 0 Å². The van der Waals surface area contributed by atoms with E-state index in [1.807, 2.05) is 0 Å². The van der Waals surface area contributed by atoms with Crippen LogP contribution >= 0.6 is 0 Å². The molecule has 0 aliphatic heterocycles. The molecular formula is C12H25N3O. The summed E-state index contributed by atoms with van der Waals surface area (Å²) in [5, 5.41) is 0. The van der Waals surface area contributed by atoms with Crippen LogP contribution in [0.25, 0.3) is 0 Å². The summed E-state index contributed by atoms with van der Waals surface area (Å²) in [4.78, 5) is 13.2. The Balaban J connectivity index is 2.66. The summed E-state index contributed by atoms with van der Waals surface area (Å²) in [5.74, 6) is 1.01. The Morgan fingerprint density at radius 3 is 2.62 bits per heavy atom. The van der Waals surface area contributed by atoms with E-state index in [1.165, 1.54) is 12.8 Å². The summed E-state index contributed by atoms with van der Waals surface area (Å²) in [6.45, 7) is 6.31. The lowest BCUT2D eigenvalue weighted by Crippen LogP contribution is -2.49. The summed E-state index contributed by atoms with van der Waals surface area (Å²) < 4.78 is 0. The van der Waals surface area contributed by atoms with Gasteiger partial charge in [-0.1, -0.05) is 20.3 Å². The molecule has 0 aromatic rings. The zero-order valence-corrected chi connectivity index (χ0v) is 10.5. The minimum atomic E-state index is -0.240. The number of carbonyl (C=O) groups excluding carboxylic acids is 1. The fourth-order valence-electron chi connectivity index (χ4n) is 2.80. The Morgan fingerprint density at radius 1 is 1.44 bits per heavy atom. The molecule has 16 heavy (non-hydrogen) atoms. The van der Waals surface area contributed by atoms with Gasteiger partial charge in [-0.15, -0.1) is 0 Å². The summed E-state index contributed by atoms with van der Waals surface area (Å²) >= 11 is 0. The zero-order chi connectivity index (χ0) is 12.1. The molecule has 0 bridgehead atoms. The third-order valence-corrected chi connectivity index (χ3v) is 3.76. The number of hydrogen-bond donors (Lipinski definition) is 2. The van der Waals surface area contributed by atoms with E-state index in [-0.39, 0.29) is 5.91 Å². The number of amides is 1. The van der Waals surface area contributed by atoms with Gasteiger partial charge < -0.3 is 11.5 Å². The quantitative estimate of drug-likeness (QED) is 0.720. The molecule has 0 radical (unpaired) electrons. The molecule has 94 valence electrons. The van der Waals surface area contributed by atoms with E-state index >= 15 is 0 Å². The molecule has 4 heteroatoms. The van der Waals surface area contributed by atoms with Crippen molar-refractivity contribution < 1.29 is 4.79 Å². The van der Waals surface area contributed by atoms with Crippen molar-refractivity contribution >= 4 is 5.91 Å². The number of primary amides is 1. The van der Waals surface area contributed by atoms with E-state index in [2.05, 4.69) is 18.7 Å². The second-order valence-corrected chi connectivity index (χ2v) is 5.01. The Labute approximate surface area is 98.3 Å². The molecule has 0 aromatic carbocycles. The maximum atomic E-state index is 11.0. The van der Waals surface area contributed by atoms with E-state index in [4.69, 9.17) is 11.5 Å². The summed E-state index contributed by atoms with van der Waals surface area (Å²) in [5.41, 5.74) is 11.1. The van der Waals surface area contributed by atoms with Crippen LogP contribution in [-0.2, 0) is 4.79 Å². The Kier molecular flexibility index (Phi) is 5.22. The normalized spacial score (nSPS) is 30.6. The van der Waals surface area contributed by atoms with Crippen molar-refractivity contribution in [2.75, 3.05) is 19.6 Å². The van der Waals surface area contributed by atoms with E-state index in [1.54, 1.807) is 0 Å². The van der Waals surface area contributed by atoms with E-state index in [9.17, 15) is 4.79 Å². The molecule has 1 aliphatic rings. The molecule has 1 aliphatic carbocycles. The van der Waals surface area contributed by atoms with Crippen LogP contribution in [0.2, 0.25) is 0 Å². The van der Waals surface area contributed by atoms with Gasteiger partial charge in [0.1, 0.15) is 0 Å². The van der Waals surface area contributed by atoms with Gasteiger partial charge in [-0.25, -0.2) is 0 Å². The maximum Gasteiger partial charge on any atom is 0.231 e. The average molecular weight is 227 g/mol. The molecule has 0 saturated heterocycles. The van der Waals surface area contributed by atoms with Crippen LogP contribution < -0.4 is 11.5 Å². The van der Waals surface area contributed by atoms with Crippen molar-refractivity contribution in [3.63, 3.8) is 0 Å². The first-order chi connectivity index (χ1) is 7.58. The maximum absolute atomic E-state index is 11.0. The van der Waals surface area contributed by atoms with E-state index in [0.29, 0.717) is 25.0 Å². The molecule has 4 N–H and O–H groups in total. The second-order valence-electron chi connectivity index (χ2n) is 5.01. The monoisotopic (exact) mass is 227 g/mol. The van der Waals surface area contributed by atoms with Gasteiger partial charge in [0, 0.05) is 6.04 Å². The molecule has 3 unspecified atom stereocenters. The van der Waals surface area contributed by atoms with Crippen molar-refractivity contribution in [3.05, 3.63) is 0 Å². The molecule has 1 rings (SSSR count). The minimum absolute atomic E-state index is 0.240. The van der Waals surface area contributed by atoms with Crippen molar-refractivity contribution in [2.45, 2.75) is 39.2 Å². The van der Waals surface area contributed by atoms with Crippen LogP contribution in [0.5, 0.6) is 0 Å². The molecule has 0 spiro atoms. The van der Waals surface area contributed by atoms with Crippen molar-refractivity contribution in [2.24, 2.45) is 23.3 Å². The van der Waals surface area contributed by atoms with Crippen molar-refractivity contribution in [3.8, 4) is 0 Å². The van der Waals surface area contributed by atoms with Crippen LogP contribution in [0.4, 0.5) is 0 Å². The number of hydrogen-bond acceptors (Lipinski definition) is 3. The number of rotatable bonds is 5. The number of likely N-dealkylation sites (N-methyl/N-ethyl adjacent to an activating group) is 1. The Hall–Kier alpha value is -0.610. The SMILES string of the molecule is CCN(CC(N)=O)C1CC(C)CCC1CN. The lowest BCUT2D eigenvalue weighted by molar-refractivity contribution is -0.120. The molecule has 1 amide bonds. The van der Waals surface area contributed by atoms with Crippen molar-refractivity contribution in [1.82, 2.24) is 4.90 Å². The van der Waals surface area contributed by atoms with Gasteiger partial charge in [0.25, 0.3) is 0 Å². The highest BCUT2D eigenvalue weighted by Gasteiger charge is 2.31. The fraction of sp³-hybridized carbons (Fsp3) is 0.917. The highest BCUT2D eigenvalue weighted by molar-refractivity contribution is 5.75. The molecule has 4 nitrogen and oxygen atoms in total. The van der Waals surface area contributed by atoms with Crippen LogP contribution in [0.3, 0.4) is 0 Å². The van der Waals surface area contributed by atoms with Gasteiger partial charge >= 0.3 is 0 Å². The van der Waals surface area contributed by atoms with Crippen LogP contribution in [0, 0.1) is 11.8 Å². The van der Waals surface area contributed by atoms with Gasteiger partial charge in [-0.3, -0.25) is 9.69 Å². The largest absolute Gasteiger partial charge is 0.369 e. The minimum Gasteiger partial charge on any atom is -0.369 e. The fourth-order valence-corrected chi connectivity index (χ4v) is 2.80. The first-order valence-electron chi connectivity index (χ1n) is 6.30. The summed E-state index contributed by atoms with van der Waals surface area (Å²) in [7, 11) is 0. The third kappa shape index (κ3) is 3.46. The van der Waals surface area contributed by atoms with Gasteiger partial charge in [0.15, 0.2) is 0 Å². The number of nitrogens with two attached hydrogens (primary N) is 2.